The van der Waals surface area contributed by atoms with Gasteiger partial charge in [-0.3, -0.25) is 4.79 Å². The van der Waals surface area contributed by atoms with Crippen LogP contribution in [-0.2, 0) is 11.3 Å². The molecular weight excluding hydrogens is 348 g/mol. The fourth-order valence-corrected chi connectivity index (χ4v) is 2.85. The Balaban J connectivity index is 1.87. The molecule has 0 atom stereocenters. The van der Waals surface area contributed by atoms with Gasteiger partial charge in [-0.15, -0.1) is 0 Å². The molecule has 122 valence electrons. The highest BCUT2D eigenvalue weighted by Crippen LogP contribution is 2.21. The maximum absolute atomic E-state index is 12.0. The van der Waals surface area contributed by atoms with Crippen LogP contribution in [0.25, 0.3) is 0 Å². The number of hydrogen-bond donors (Lipinski definition) is 0. The Morgan fingerprint density at radius 2 is 2.00 bits per heavy atom. The highest BCUT2D eigenvalue weighted by molar-refractivity contribution is 9.10. The number of hydrogen-bond acceptors (Lipinski definition) is 3. The van der Waals surface area contributed by atoms with Crippen molar-refractivity contribution in [1.29, 1.82) is 0 Å². The minimum atomic E-state index is -0.460. The van der Waals surface area contributed by atoms with Crippen molar-refractivity contribution in [2.24, 2.45) is 5.92 Å². The minimum Gasteiger partial charge on any atom is -0.444 e. The van der Waals surface area contributed by atoms with Crippen LogP contribution in [0, 0.1) is 5.92 Å². The standard InChI is InChI=1S/C16H23BrN2O3/c1-16(2,3)22-15(21)18-7-4-12(5-8-18)11-19-9-6-13(17)10-14(19)20/h6,9-10,12H,4-5,7-8,11H2,1-3H3. The first-order valence-corrected chi connectivity index (χ1v) is 8.38. The number of ether oxygens (including phenoxy) is 1. The first kappa shape index (κ1) is 17.1. The van der Waals surface area contributed by atoms with Crippen LogP contribution in [0.1, 0.15) is 33.6 Å². The summed E-state index contributed by atoms with van der Waals surface area (Å²) < 4.78 is 7.92. The van der Waals surface area contributed by atoms with Gasteiger partial charge >= 0.3 is 6.09 Å². The number of carbonyl (C=O) groups excluding carboxylic acids is 1. The normalized spacial score (nSPS) is 16.6. The number of piperidine rings is 1. The van der Waals surface area contributed by atoms with E-state index < -0.39 is 5.60 Å². The third-order valence-electron chi connectivity index (χ3n) is 3.68. The lowest BCUT2D eigenvalue weighted by molar-refractivity contribution is 0.0178. The van der Waals surface area contributed by atoms with E-state index in [1.165, 1.54) is 0 Å². The predicted molar refractivity (Wildman–Crippen MR) is 88.9 cm³/mol. The average molecular weight is 371 g/mol. The van der Waals surface area contributed by atoms with Crippen molar-refractivity contribution < 1.29 is 9.53 Å². The van der Waals surface area contributed by atoms with Gasteiger partial charge in [0.15, 0.2) is 0 Å². The van der Waals surface area contributed by atoms with E-state index >= 15 is 0 Å². The SMILES string of the molecule is CC(C)(C)OC(=O)N1CCC(Cn2ccc(Br)cc2=O)CC1. The zero-order valence-electron chi connectivity index (χ0n) is 13.3. The molecule has 1 aromatic heterocycles. The summed E-state index contributed by atoms with van der Waals surface area (Å²) in [7, 11) is 0. The van der Waals surface area contributed by atoms with Gasteiger partial charge < -0.3 is 14.2 Å². The molecule has 1 amide bonds. The van der Waals surface area contributed by atoms with E-state index in [0.717, 1.165) is 17.3 Å². The topological polar surface area (TPSA) is 51.5 Å². The molecule has 2 heterocycles. The number of carbonyl (C=O) groups is 1. The van der Waals surface area contributed by atoms with Crippen molar-refractivity contribution in [3.05, 3.63) is 33.2 Å². The van der Waals surface area contributed by atoms with Crippen LogP contribution < -0.4 is 5.56 Å². The summed E-state index contributed by atoms with van der Waals surface area (Å²) in [6.07, 6.45) is 3.35. The fraction of sp³-hybridized carbons (Fsp3) is 0.625. The molecule has 1 aromatic rings. The van der Waals surface area contributed by atoms with E-state index in [1.807, 2.05) is 33.0 Å². The van der Waals surface area contributed by atoms with Crippen LogP contribution in [-0.4, -0.2) is 34.3 Å². The van der Waals surface area contributed by atoms with E-state index in [0.29, 0.717) is 25.6 Å². The molecular formula is C16H23BrN2O3. The maximum atomic E-state index is 12.0. The molecule has 6 heteroatoms. The first-order valence-electron chi connectivity index (χ1n) is 7.58. The smallest absolute Gasteiger partial charge is 0.410 e. The van der Waals surface area contributed by atoms with Gasteiger partial charge in [-0.05, 0) is 45.6 Å². The van der Waals surface area contributed by atoms with E-state index in [-0.39, 0.29) is 11.7 Å². The van der Waals surface area contributed by atoms with Gasteiger partial charge in [0, 0.05) is 36.4 Å². The lowest BCUT2D eigenvalue weighted by Gasteiger charge is -2.33. The van der Waals surface area contributed by atoms with Gasteiger partial charge in [0.25, 0.3) is 5.56 Å². The Hall–Kier alpha value is -1.30. The zero-order valence-corrected chi connectivity index (χ0v) is 14.9. The Bertz CT molecular complexity index is 584. The molecule has 0 aromatic carbocycles. The van der Waals surface area contributed by atoms with Crippen molar-refractivity contribution in [3.8, 4) is 0 Å². The molecule has 1 aliphatic rings. The molecule has 2 rings (SSSR count). The van der Waals surface area contributed by atoms with Crippen molar-refractivity contribution in [2.75, 3.05) is 13.1 Å². The summed E-state index contributed by atoms with van der Waals surface area (Å²) in [6, 6.07) is 3.45. The second-order valence-corrected chi connectivity index (χ2v) is 7.66. The minimum absolute atomic E-state index is 0.00365. The Kier molecular flexibility index (Phi) is 5.32. The van der Waals surface area contributed by atoms with Crippen LogP contribution in [0.3, 0.4) is 0 Å². The lowest BCUT2D eigenvalue weighted by atomic mass is 9.97. The predicted octanol–water partition coefficient (Wildman–Crippen LogP) is 3.26. The second-order valence-electron chi connectivity index (χ2n) is 6.75. The molecule has 1 saturated heterocycles. The van der Waals surface area contributed by atoms with E-state index in [9.17, 15) is 9.59 Å². The number of amides is 1. The number of aromatic nitrogens is 1. The van der Waals surface area contributed by atoms with Crippen LogP contribution in [0.15, 0.2) is 27.6 Å². The summed E-state index contributed by atoms with van der Waals surface area (Å²) in [4.78, 5) is 25.7. The van der Waals surface area contributed by atoms with Gasteiger partial charge in [0.1, 0.15) is 5.60 Å². The molecule has 0 bridgehead atoms. The molecule has 0 saturated carbocycles. The lowest BCUT2D eigenvalue weighted by Crippen LogP contribution is -2.42. The molecule has 0 radical (unpaired) electrons. The second kappa shape index (κ2) is 6.86. The number of halogens is 1. The summed E-state index contributed by atoms with van der Waals surface area (Å²) in [5, 5.41) is 0. The molecule has 1 aliphatic heterocycles. The van der Waals surface area contributed by atoms with Crippen molar-refractivity contribution in [1.82, 2.24) is 9.47 Å². The van der Waals surface area contributed by atoms with Gasteiger partial charge in [-0.2, -0.15) is 0 Å². The summed E-state index contributed by atoms with van der Waals surface area (Å²) in [5.74, 6) is 0.414. The van der Waals surface area contributed by atoms with Crippen molar-refractivity contribution in [3.63, 3.8) is 0 Å². The summed E-state index contributed by atoms with van der Waals surface area (Å²) in [5.41, 5.74) is -0.456. The van der Waals surface area contributed by atoms with Crippen molar-refractivity contribution in [2.45, 2.75) is 45.8 Å². The van der Waals surface area contributed by atoms with E-state index in [1.54, 1.807) is 15.5 Å². The number of rotatable bonds is 2. The number of likely N-dealkylation sites (tertiary alicyclic amines) is 1. The quantitative estimate of drug-likeness (QED) is 0.802. The van der Waals surface area contributed by atoms with Crippen LogP contribution in [0.4, 0.5) is 4.79 Å². The number of nitrogens with zero attached hydrogens (tertiary/aromatic N) is 2. The van der Waals surface area contributed by atoms with Gasteiger partial charge in [0.2, 0.25) is 0 Å². The first-order chi connectivity index (χ1) is 10.2. The zero-order chi connectivity index (χ0) is 16.3. The van der Waals surface area contributed by atoms with E-state index in [4.69, 9.17) is 4.74 Å². The summed E-state index contributed by atoms with van der Waals surface area (Å²) in [6.45, 7) is 7.69. The molecule has 0 N–H and O–H groups in total. The van der Waals surface area contributed by atoms with Crippen molar-refractivity contribution >= 4 is 22.0 Å². The number of pyridine rings is 1. The largest absolute Gasteiger partial charge is 0.444 e. The third-order valence-corrected chi connectivity index (χ3v) is 4.17. The maximum Gasteiger partial charge on any atom is 0.410 e. The highest BCUT2D eigenvalue weighted by atomic mass is 79.9. The third kappa shape index (κ3) is 4.87. The molecule has 0 unspecified atom stereocenters. The Morgan fingerprint density at radius 3 is 2.55 bits per heavy atom. The Labute approximate surface area is 139 Å². The molecule has 0 spiro atoms. The fourth-order valence-electron chi connectivity index (χ4n) is 2.54. The monoisotopic (exact) mass is 370 g/mol. The molecule has 22 heavy (non-hydrogen) atoms. The highest BCUT2D eigenvalue weighted by Gasteiger charge is 2.27. The van der Waals surface area contributed by atoms with Gasteiger partial charge in [0.05, 0.1) is 0 Å². The van der Waals surface area contributed by atoms with Gasteiger partial charge in [-0.25, -0.2) is 4.79 Å². The Morgan fingerprint density at radius 1 is 1.36 bits per heavy atom. The molecule has 5 nitrogen and oxygen atoms in total. The molecule has 0 aliphatic carbocycles. The van der Waals surface area contributed by atoms with Crippen LogP contribution >= 0.6 is 15.9 Å². The average Bonchev–Trinajstić information content (AvgIpc) is 2.41. The molecule has 1 fully saturated rings. The van der Waals surface area contributed by atoms with Crippen LogP contribution in [0.5, 0.6) is 0 Å². The van der Waals surface area contributed by atoms with Gasteiger partial charge in [-0.1, -0.05) is 15.9 Å². The van der Waals surface area contributed by atoms with Crippen LogP contribution in [0.2, 0.25) is 0 Å². The summed E-state index contributed by atoms with van der Waals surface area (Å²) >= 11 is 3.30. The van der Waals surface area contributed by atoms with E-state index in [2.05, 4.69) is 15.9 Å².